The molecular formula is C17H17BF2N4. The molecule has 0 spiro atoms. The molecule has 0 saturated carbocycles. The second-order valence-corrected chi connectivity index (χ2v) is 6.43. The third-order valence-electron chi connectivity index (χ3n) is 4.77. The lowest BCUT2D eigenvalue weighted by atomic mass is 9.85. The first kappa shape index (κ1) is 15.0. The van der Waals surface area contributed by atoms with Gasteiger partial charge in [-0.25, -0.2) is 9.97 Å². The van der Waals surface area contributed by atoms with Gasteiger partial charge < -0.3 is 17.6 Å². The summed E-state index contributed by atoms with van der Waals surface area (Å²) in [4.78, 5) is 8.29. The Hall–Kier alpha value is -2.57. The van der Waals surface area contributed by atoms with Crippen molar-refractivity contribution >= 4 is 18.3 Å². The highest BCUT2D eigenvalue weighted by molar-refractivity contribution is 6.58. The number of fused-ring (bicyclic) bond motifs is 2. The zero-order chi connectivity index (χ0) is 17.2. The average molecular weight is 326 g/mol. The molecule has 4 heterocycles. The van der Waals surface area contributed by atoms with Crippen LogP contribution in [0.4, 0.5) is 8.63 Å². The average Bonchev–Trinajstić information content (AvgIpc) is 2.98. The minimum atomic E-state index is -3.93. The molecule has 4 rings (SSSR count). The van der Waals surface area contributed by atoms with E-state index in [0.717, 1.165) is 16.7 Å². The number of halogens is 2. The Balaban J connectivity index is 2.20. The Morgan fingerprint density at radius 2 is 1.92 bits per heavy atom. The largest absolute Gasteiger partial charge is 0.737 e. The lowest BCUT2D eigenvalue weighted by molar-refractivity contribution is -0.363. The highest BCUT2D eigenvalue weighted by Crippen LogP contribution is 2.43. The van der Waals surface area contributed by atoms with Gasteiger partial charge in [-0.3, -0.25) is 0 Å². The van der Waals surface area contributed by atoms with Gasteiger partial charge in [0.05, 0.1) is 11.3 Å². The van der Waals surface area contributed by atoms with Crippen molar-refractivity contribution < 1.29 is 13.1 Å². The summed E-state index contributed by atoms with van der Waals surface area (Å²) in [5.41, 5.74) is 5.24. The van der Waals surface area contributed by atoms with E-state index in [4.69, 9.17) is 0 Å². The highest BCUT2D eigenvalue weighted by atomic mass is 19.2. The van der Waals surface area contributed by atoms with Crippen molar-refractivity contribution in [3.8, 4) is 0 Å². The molecule has 0 aliphatic carbocycles. The number of rotatable bonds is 1. The molecule has 0 fully saturated rings. The van der Waals surface area contributed by atoms with Gasteiger partial charge >= 0.3 is 6.97 Å². The number of aromatic nitrogens is 3. The smallest absolute Gasteiger partial charge is 0.393 e. The zero-order valence-electron chi connectivity index (χ0n) is 14.0. The van der Waals surface area contributed by atoms with Gasteiger partial charge in [0.2, 0.25) is 0 Å². The van der Waals surface area contributed by atoms with Crippen LogP contribution in [0, 0.1) is 13.8 Å². The Morgan fingerprint density at radius 1 is 1.17 bits per heavy atom. The second-order valence-electron chi connectivity index (χ2n) is 6.43. The number of hydrogen-bond acceptors (Lipinski definition) is 2. The Bertz CT molecular complexity index is 968. The van der Waals surface area contributed by atoms with Crippen LogP contribution in [0.25, 0.3) is 5.57 Å². The number of nitrogens with zero attached hydrogens (tertiary/aromatic N) is 4. The van der Waals surface area contributed by atoms with Crippen molar-refractivity contribution in [2.24, 2.45) is 0 Å². The van der Waals surface area contributed by atoms with E-state index in [-0.39, 0.29) is 0 Å². The SMILES string of the molecule is CC1=CC(C)=[N+]2C1=C(c1ccncn1)c1c(C)cc(C)n1[B-]2(F)F. The fraction of sp³-hybridized carbons (Fsp3) is 0.235. The van der Waals surface area contributed by atoms with E-state index in [1.807, 2.05) is 26.0 Å². The Morgan fingerprint density at radius 3 is 2.58 bits per heavy atom. The standard InChI is InChI=1S/C17H17BF2N4/c1-10-7-12(3)23-16(10)15(14-5-6-21-9-22-14)17-11(2)8-13(4)24(17)18(23,19)20/h5-9H,1-4H3. The van der Waals surface area contributed by atoms with Crippen molar-refractivity contribution in [2.75, 3.05) is 0 Å². The van der Waals surface area contributed by atoms with E-state index in [1.54, 1.807) is 26.1 Å². The summed E-state index contributed by atoms with van der Waals surface area (Å²) in [6.45, 7) is 3.25. The first-order valence-electron chi connectivity index (χ1n) is 7.87. The molecule has 2 aliphatic heterocycles. The molecule has 2 aromatic heterocycles. The maximum Gasteiger partial charge on any atom is 0.737 e. The van der Waals surface area contributed by atoms with Crippen LogP contribution < -0.4 is 0 Å². The Labute approximate surface area is 138 Å². The molecule has 0 unspecified atom stereocenters. The molecular weight excluding hydrogens is 309 g/mol. The molecule has 0 amide bonds. The third kappa shape index (κ3) is 1.75. The van der Waals surface area contributed by atoms with Crippen molar-refractivity contribution in [1.29, 1.82) is 0 Å². The molecule has 2 aromatic rings. The van der Waals surface area contributed by atoms with E-state index in [1.165, 1.54) is 15.3 Å². The maximum absolute atomic E-state index is 15.4. The highest BCUT2D eigenvalue weighted by Gasteiger charge is 2.55. The molecule has 2 aliphatic rings. The van der Waals surface area contributed by atoms with Gasteiger partial charge in [0.25, 0.3) is 0 Å². The molecule has 0 bridgehead atoms. The predicted molar refractivity (Wildman–Crippen MR) is 90.0 cm³/mol. The first-order valence-corrected chi connectivity index (χ1v) is 7.87. The van der Waals surface area contributed by atoms with E-state index < -0.39 is 6.97 Å². The normalized spacial score (nSPS) is 18.7. The fourth-order valence-corrected chi connectivity index (χ4v) is 3.98. The fourth-order valence-electron chi connectivity index (χ4n) is 3.98. The maximum atomic E-state index is 15.4. The minimum absolute atomic E-state index is 0.546. The van der Waals surface area contributed by atoms with Crippen LogP contribution in [0.2, 0.25) is 0 Å². The van der Waals surface area contributed by atoms with E-state index in [2.05, 4.69) is 9.97 Å². The number of hydrogen-bond donors (Lipinski definition) is 0. The van der Waals surface area contributed by atoms with Crippen molar-refractivity contribution in [1.82, 2.24) is 14.4 Å². The summed E-state index contributed by atoms with van der Waals surface area (Å²) in [7, 11) is 0. The van der Waals surface area contributed by atoms with Gasteiger partial charge in [0, 0.05) is 30.5 Å². The molecule has 4 nitrogen and oxygen atoms in total. The van der Waals surface area contributed by atoms with Crippen LogP contribution >= 0.6 is 0 Å². The Kier molecular flexibility index (Phi) is 2.95. The summed E-state index contributed by atoms with van der Waals surface area (Å²) < 4.78 is 33.1. The third-order valence-corrected chi connectivity index (χ3v) is 4.77. The van der Waals surface area contributed by atoms with Crippen LogP contribution in [0.5, 0.6) is 0 Å². The summed E-state index contributed by atoms with van der Waals surface area (Å²) in [6, 6.07) is 3.58. The number of aryl methyl sites for hydroxylation is 2. The van der Waals surface area contributed by atoms with E-state index in [0.29, 0.717) is 28.5 Å². The molecule has 0 N–H and O–H groups in total. The molecule has 0 atom stereocenters. The van der Waals surface area contributed by atoms with Crippen molar-refractivity contribution in [3.63, 3.8) is 0 Å². The molecule has 24 heavy (non-hydrogen) atoms. The first-order chi connectivity index (χ1) is 11.3. The lowest BCUT2D eigenvalue weighted by Gasteiger charge is -2.33. The summed E-state index contributed by atoms with van der Waals surface area (Å²) in [6.07, 6.45) is 4.90. The van der Waals surface area contributed by atoms with Gasteiger partial charge in [-0.05, 0) is 44.2 Å². The van der Waals surface area contributed by atoms with Crippen LogP contribution in [0.1, 0.15) is 36.5 Å². The van der Waals surface area contributed by atoms with Gasteiger partial charge in [-0.15, -0.1) is 0 Å². The quantitative estimate of drug-likeness (QED) is 0.754. The molecule has 122 valence electrons. The topological polar surface area (TPSA) is 33.7 Å². The lowest BCUT2D eigenvalue weighted by Crippen LogP contribution is -2.51. The second kappa shape index (κ2) is 4.72. The van der Waals surface area contributed by atoms with E-state index >= 15 is 8.63 Å². The predicted octanol–water partition coefficient (Wildman–Crippen LogP) is 3.32. The number of allylic oxidation sites excluding steroid dienone is 2. The van der Waals surface area contributed by atoms with Crippen molar-refractivity contribution in [3.05, 3.63) is 64.6 Å². The zero-order valence-corrected chi connectivity index (χ0v) is 14.0. The van der Waals surface area contributed by atoms with Gasteiger partial charge in [0.1, 0.15) is 12.0 Å². The summed E-state index contributed by atoms with van der Waals surface area (Å²) in [5, 5.41) is 0. The van der Waals surface area contributed by atoms with Crippen molar-refractivity contribution in [2.45, 2.75) is 27.7 Å². The molecule has 0 aromatic carbocycles. The minimum Gasteiger partial charge on any atom is -0.393 e. The van der Waals surface area contributed by atoms with Crippen LogP contribution in [0.15, 0.2) is 42.0 Å². The van der Waals surface area contributed by atoms with E-state index in [9.17, 15) is 0 Å². The molecule has 0 saturated heterocycles. The van der Waals surface area contributed by atoms with Crippen LogP contribution in [0.3, 0.4) is 0 Å². The van der Waals surface area contributed by atoms with Gasteiger partial charge in [-0.2, -0.15) is 0 Å². The van der Waals surface area contributed by atoms with Crippen LogP contribution in [-0.2, 0) is 0 Å². The van der Waals surface area contributed by atoms with Gasteiger partial charge in [0.15, 0.2) is 5.70 Å². The monoisotopic (exact) mass is 326 g/mol. The van der Waals surface area contributed by atoms with Gasteiger partial charge in [-0.1, -0.05) is 0 Å². The summed E-state index contributed by atoms with van der Waals surface area (Å²) in [5.74, 6) is 0. The molecule has 7 heteroatoms. The molecule has 0 radical (unpaired) electrons. The summed E-state index contributed by atoms with van der Waals surface area (Å²) >= 11 is 0. The van der Waals surface area contributed by atoms with Crippen LogP contribution in [-0.4, -0.2) is 31.6 Å².